The molecule has 0 atom stereocenters. The van der Waals surface area contributed by atoms with Crippen molar-refractivity contribution in [3.05, 3.63) is 59.7 Å². The van der Waals surface area contributed by atoms with E-state index in [1.54, 1.807) is 0 Å². The molecule has 3 rings (SSSR count). The van der Waals surface area contributed by atoms with Gasteiger partial charge in [0, 0.05) is 12.1 Å². The van der Waals surface area contributed by atoms with Crippen LogP contribution in [0.3, 0.4) is 0 Å². The van der Waals surface area contributed by atoms with Gasteiger partial charge in [-0.1, -0.05) is 49.4 Å². The summed E-state index contributed by atoms with van der Waals surface area (Å²) >= 11 is 0. The normalized spacial score (nSPS) is 15.9. The van der Waals surface area contributed by atoms with E-state index in [2.05, 4.69) is 68.6 Å². The maximum absolute atomic E-state index is 5.85. The van der Waals surface area contributed by atoms with E-state index in [9.17, 15) is 0 Å². The van der Waals surface area contributed by atoms with E-state index < -0.39 is 0 Å². The molecule has 0 unspecified atom stereocenters. The summed E-state index contributed by atoms with van der Waals surface area (Å²) in [5.74, 6) is 0.754. The fourth-order valence-corrected chi connectivity index (χ4v) is 2.86. The molecule has 0 saturated heterocycles. The van der Waals surface area contributed by atoms with Crippen LogP contribution in [0.2, 0.25) is 0 Å². The van der Waals surface area contributed by atoms with Gasteiger partial charge < -0.3 is 10.1 Å². The molecule has 1 aliphatic rings. The average molecular weight is 322 g/mol. The van der Waals surface area contributed by atoms with Gasteiger partial charge in [0.05, 0.1) is 5.54 Å². The highest BCUT2D eigenvalue weighted by Crippen LogP contribution is 2.28. The number of nitrogens with zero attached hydrogens (tertiary/aromatic N) is 1. The van der Waals surface area contributed by atoms with Crippen molar-refractivity contribution in [3.8, 4) is 11.1 Å². The topological polar surface area (TPSA) is 33.6 Å². The molecule has 0 saturated carbocycles. The second-order valence-electron chi connectivity index (χ2n) is 6.94. The van der Waals surface area contributed by atoms with E-state index >= 15 is 0 Å². The summed E-state index contributed by atoms with van der Waals surface area (Å²) in [7, 11) is 0. The van der Waals surface area contributed by atoms with E-state index in [1.807, 2.05) is 6.07 Å². The molecule has 1 aliphatic heterocycles. The van der Waals surface area contributed by atoms with Gasteiger partial charge in [0.2, 0.25) is 5.90 Å². The molecular weight excluding hydrogens is 296 g/mol. The van der Waals surface area contributed by atoms with E-state index in [1.165, 1.54) is 16.7 Å². The highest BCUT2D eigenvalue weighted by atomic mass is 16.5. The van der Waals surface area contributed by atoms with Crippen molar-refractivity contribution >= 4 is 5.90 Å². The number of nitrogens with one attached hydrogen (secondary N) is 1. The fraction of sp³-hybridized carbons (Fsp3) is 0.381. The Balaban J connectivity index is 1.85. The third-order valence-electron chi connectivity index (χ3n) is 4.14. The van der Waals surface area contributed by atoms with Gasteiger partial charge in [-0.3, -0.25) is 0 Å². The quantitative estimate of drug-likeness (QED) is 0.799. The maximum Gasteiger partial charge on any atom is 0.217 e. The Morgan fingerprint density at radius 1 is 1.04 bits per heavy atom. The average Bonchev–Trinajstić information content (AvgIpc) is 2.96. The lowest BCUT2D eigenvalue weighted by Crippen LogP contribution is -2.17. The van der Waals surface area contributed by atoms with Crippen LogP contribution in [-0.4, -0.2) is 24.6 Å². The van der Waals surface area contributed by atoms with Crippen LogP contribution in [-0.2, 0) is 11.3 Å². The van der Waals surface area contributed by atoms with E-state index in [0.717, 1.165) is 31.0 Å². The van der Waals surface area contributed by atoms with Crippen LogP contribution in [0.4, 0.5) is 0 Å². The summed E-state index contributed by atoms with van der Waals surface area (Å²) < 4.78 is 5.85. The van der Waals surface area contributed by atoms with Gasteiger partial charge in [0.1, 0.15) is 6.61 Å². The van der Waals surface area contributed by atoms with Crippen molar-refractivity contribution in [3.63, 3.8) is 0 Å². The number of benzene rings is 2. The Kier molecular flexibility index (Phi) is 5.00. The summed E-state index contributed by atoms with van der Waals surface area (Å²) in [6.07, 6.45) is 1.16. The number of ether oxygens (including phenoxy) is 1. The molecule has 0 aromatic heterocycles. The Morgan fingerprint density at radius 3 is 2.38 bits per heavy atom. The minimum atomic E-state index is -0.142. The Morgan fingerprint density at radius 2 is 1.75 bits per heavy atom. The second kappa shape index (κ2) is 7.18. The number of rotatable bonds is 6. The first-order valence-corrected chi connectivity index (χ1v) is 8.71. The molecule has 0 fully saturated rings. The predicted octanol–water partition coefficient (Wildman–Crippen LogP) is 4.41. The van der Waals surface area contributed by atoms with Crippen LogP contribution in [0, 0.1) is 0 Å². The molecule has 0 radical (unpaired) electrons. The molecule has 0 spiro atoms. The highest BCUT2D eigenvalue weighted by Gasteiger charge is 2.28. The molecule has 3 heteroatoms. The van der Waals surface area contributed by atoms with E-state index in [4.69, 9.17) is 9.73 Å². The molecule has 2 aromatic rings. The Hall–Kier alpha value is -2.13. The third-order valence-corrected chi connectivity index (χ3v) is 4.14. The lowest BCUT2D eigenvalue weighted by atomic mass is 9.98. The van der Waals surface area contributed by atoms with Gasteiger partial charge >= 0.3 is 0 Å². The molecule has 0 aliphatic carbocycles. The van der Waals surface area contributed by atoms with Gasteiger partial charge in [-0.2, -0.15) is 0 Å². The van der Waals surface area contributed by atoms with Crippen molar-refractivity contribution in [2.45, 2.75) is 39.3 Å². The Bertz CT molecular complexity index is 717. The van der Waals surface area contributed by atoms with E-state index in [-0.39, 0.29) is 5.54 Å². The molecule has 1 heterocycles. The highest BCUT2D eigenvalue weighted by molar-refractivity contribution is 6.01. The SMILES string of the molecule is CCCNCc1ccc(-c2ccccc2C2=NC(C)(C)CO2)cc1. The van der Waals surface area contributed by atoms with Crippen LogP contribution >= 0.6 is 0 Å². The number of aliphatic imine (C=N–C) groups is 1. The van der Waals surface area contributed by atoms with Crippen molar-refractivity contribution < 1.29 is 4.74 Å². The van der Waals surface area contributed by atoms with Crippen molar-refractivity contribution in [1.82, 2.24) is 5.32 Å². The minimum Gasteiger partial charge on any atom is -0.475 e. The summed E-state index contributed by atoms with van der Waals surface area (Å²) in [6.45, 7) is 8.99. The number of hydrogen-bond acceptors (Lipinski definition) is 3. The summed E-state index contributed by atoms with van der Waals surface area (Å²) in [4.78, 5) is 4.73. The minimum absolute atomic E-state index is 0.142. The van der Waals surface area contributed by atoms with Crippen LogP contribution in [0.15, 0.2) is 53.5 Å². The summed E-state index contributed by atoms with van der Waals surface area (Å²) in [6, 6.07) is 17.1. The molecule has 3 nitrogen and oxygen atoms in total. The van der Waals surface area contributed by atoms with Crippen LogP contribution in [0.5, 0.6) is 0 Å². The molecule has 0 amide bonds. The molecule has 0 bridgehead atoms. The zero-order chi connectivity index (χ0) is 17.0. The number of hydrogen-bond donors (Lipinski definition) is 1. The van der Waals surface area contributed by atoms with Crippen LogP contribution in [0.25, 0.3) is 11.1 Å². The standard InChI is InChI=1S/C21H26N2O/c1-4-13-22-14-16-9-11-17(12-10-16)18-7-5-6-8-19(18)20-23-21(2,3)15-24-20/h5-12,22H,4,13-15H2,1-3H3. The van der Waals surface area contributed by atoms with Gasteiger partial charge in [-0.25, -0.2) is 4.99 Å². The lowest BCUT2D eigenvalue weighted by molar-refractivity contribution is 0.279. The Labute approximate surface area is 144 Å². The molecule has 126 valence electrons. The third kappa shape index (κ3) is 3.85. The molecule has 24 heavy (non-hydrogen) atoms. The van der Waals surface area contributed by atoms with Crippen LogP contribution in [0.1, 0.15) is 38.3 Å². The zero-order valence-electron chi connectivity index (χ0n) is 14.8. The molecule has 1 N–H and O–H groups in total. The lowest BCUT2D eigenvalue weighted by Gasteiger charge is -2.10. The zero-order valence-corrected chi connectivity index (χ0v) is 14.8. The fourth-order valence-electron chi connectivity index (χ4n) is 2.86. The van der Waals surface area contributed by atoms with Gasteiger partial charge in [0.25, 0.3) is 0 Å². The smallest absolute Gasteiger partial charge is 0.217 e. The van der Waals surface area contributed by atoms with Gasteiger partial charge in [0.15, 0.2) is 0 Å². The maximum atomic E-state index is 5.85. The van der Waals surface area contributed by atoms with E-state index in [0.29, 0.717) is 6.61 Å². The van der Waals surface area contributed by atoms with Crippen molar-refractivity contribution in [1.29, 1.82) is 0 Å². The summed E-state index contributed by atoms with van der Waals surface area (Å²) in [5, 5.41) is 3.44. The van der Waals surface area contributed by atoms with Crippen LogP contribution < -0.4 is 5.32 Å². The first-order chi connectivity index (χ1) is 11.6. The monoisotopic (exact) mass is 322 g/mol. The molecular formula is C21H26N2O. The molecule has 2 aromatic carbocycles. The second-order valence-corrected chi connectivity index (χ2v) is 6.94. The van der Waals surface area contributed by atoms with Gasteiger partial charge in [-0.05, 0) is 49.6 Å². The summed E-state index contributed by atoms with van der Waals surface area (Å²) in [5.41, 5.74) is 4.60. The largest absolute Gasteiger partial charge is 0.475 e. The van der Waals surface area contributed by atoms with Crippen molar-refractivity contribution in [2.75, 3.05) is 13.2 Å². The predicted molar refractivity (Wildman–Crippen MR) is 100 cm³/mol. The first kappa shape index (κ1) is 16.7. The van der Waals surface area contributed by atoms with Gasteiger partial charge in [-0.15, -0.1) is 0 Å². The van der Waals surface area contributed by atoms with Crippen molar-refractivity contribution in [2.24, 2.45) is 4.99 Å². The first-order valence-electron chi connectivity index (χ1n) is 8.71.